The Morgan fingerprint density at radius 3 is 2.44 bits per heavy atom. The summed E-state index contributed by atoms with van der Waals surface area (Å²) in [5.74, 6) is 1.92. The number of benzene rings is 2. The number of rotatable bonds is 9. The number of nitrogens with zero attached hydrogens (tertiary/aromatic N) is 4. The molecule has 0 fully saturated rings. The van der Waals surface area contributed by atoms with Crippen LogP contribution < -0.4 is 19.8 Å². The van der Waals surface area contributed by atoms with E-state index >= 15 is 0 Å². The lowest BCUT2D eigenvalue weighted by atomic mass is 10.1. The summed E-state index contributed by atoms with van der Waals surface area (Å²) in [6, 6.07) is 7.46. The van der Waals surface area contributed by atoms with Gasteiger partial charge in [-0.15, -0.1) is 0 Å². The summed E-state index contributed by atoms with van der Waals surface area (Å²) in [5.41, 5.74) is 0.783. The van der Waals surface area contributed by atoms with Gasteiger partial charge in [-0.25, -0.2) is 9.37 Å². The van der Waals surface area contributed by atoms with E-state index in [4.69, 9.17) is 18.7 Å². The largest absolute Gasteiger partial charge is 0.493 e. The van der Waals surface area contributed by atoms with Crippen LogP contribution in [0.2, 0.25) is 0 Å². The van der Waals surface area contributed by atoms with Gasteiger partial charge in [-0.05, 0) is 36.8 Å². The van der Waals surface area contributed by atoms with Gasteiger partial charge in [0.2, 0.25) is 17.5 Å². The van der Waals surface area contributed by atoms with Gasteiger partial charge >= 0.3 is 0 Å². The lowest BCUT2D eigenvalue weighted by molar-refractivity contribution is 0.324. The van der Waals surface area contributed by atoms with Gasteiger partial charge in [-0.3, -0.25) is 9.36 Å². The third-order valence-corrected chi connectivity index (χ3v) is 6.01. The van der Waals surface area contributed by atoms with E-state index in [1.54, 1.807) is 16.7 Å². The molecule has 4 aromatic rings. The number of methoxy groups -OCH3 is 3. The zero-order chi connectivity index (χ0) is 24.2. The summed E-state index contributed by atoms with van der Waals surface area (Å²) in [5, 5.41) is 4.81. The summed E-state index contributed by atoms with van der Waals surface area (Å²) >= 11 is 1.30. The molecule has 0 aliphatic heterocycles. The lowest BCUT2D eigenvalue weighted by Crippen LogP contribution is -2.23. The van der Waals surface area contributed by atoms with E-state index in [1.807, 2.05) is 6.92 Å². The zero-order valence-corrected chi connectivity index (χ0v) is 19.9. The predicted octanol–water partition coefficient (Wildman–Crippen LogP) is 4.31. The smallest absolute Gasteiger partial charge is 0.262 e. The van der Waals surface area contributed by atoms with Crippen LogP contribution in [0.25, 0.3) is 22.3 Å². The summed E-state index contributed by atoms with van der Waals surface area (Å²) < 4.78 is 36.7. The fourth-order valence-corrected chi connectivity index (χ4v) is 4.33. The van der Waals surface area contributed by atoms with Crippen molar-refractivity contribution in [2.24, 2.45) is 0 Å². The monoisotopic (exact) mass is 486 g/mol. The minimum Gasteiger partial charge on any atom is -0.493 e. The first-order valence-corrected chi connectivity index (χ1v) is 11.4. The first-order chi connectivity index (χ1) is 16.5. The Morgan fingerprint density at radius 1 is 1.06 bits per heavy atom. The number of thioether (sulfide) groups is 1. The van der Waals surface area contributed by atoms with Gasteiger partial charge in [0.05, 0.1) is 38.0 Å². The third-order valence-electron chi connectivity index (χ3n) is 5.04. The summed E-state index contributed by atoms with van der Waals surface area (Å²) in [4.78, 5) is 21.9. The molecule has 0 bridgehead atoms. The van der Waals surface area contributed by atoms with Crippen LogP contribution >= 0.6 is 11.8 Å². The average molecular weight is 487 g/mol. The molecule has 178 valence electrons. The Hall–Kier alpha value is -3.60. The van der Waals surface area contributed by atoms with Gasteiger partial charge in [0.25, 0.3) is 5.56 Å². The van der Waals surface area contributed by atoms with Crippen molar-refractivity contribution in [1.29, 1.82) is 0 Å². The normalized spacial score (nSPS) is 11.1. The maximum absolute atomic E-state index is 13.7. The molecule has 0 saturated carbocycles. The maximum atomic E-state index is 13.7. The molecule has 9 nitrogen and oxygen atoms in total. The van der Waals surface area contributed by atoms with E-state index in [1.165, 1.54) is 51.3 Å². The van der Waals surface area contributed by atoms with E-state index in [9.17, 15) is 9.18 Å². The first kappa shape index (κ1) is 23.6. The van der Waals surface area contributed by atoms with Crippen molar-refractivity contribution < 1.29 is 23.1 Å². The van der Waals surface area contributed by atoms with Crippen LogP contribution in [0, 0.1) is 5.82 Å². The molecule has 2 aromatic heterocycles. The molecule has 0 aliphatic carbocycles. The van der Waals surface area contributed by atoms with Crippen LogP contribution in [-0.4, -0.2) is 41.0 Å². The minimum atomic E-state index is -0.472. The predicted molar refractivity (Wildman–Crippen MR) is 125 cm³/mol. The molecule has 0 N–H and O–H groups in total. The molecular formula is C23H23FN4O5S. The van der Waals surface area contributed by atoms with E-state index in [2.05, 4.69) is 15.1 Å². The Morgan fingerprint density at radius 2 is 1.79 bits per heavy atom. The van der Waals surface area contributed by atoms with E-state index in [0.29, 0.717) is 57.5 Å². The molecule has 0 atom stereocenters. The molecule has 2 aromatic carbocycles. The van der Waals surface area contributed by atoms with Crippen LogP contribution in [0.4, 0.5) is 4.39 Å². The second kappa shape index (κ2) is 10.1. The van der Waals surface area contributed by atoms with Crippen LogP contribution in [0.3, 0.4) is 0 Å². The number of halogens is 1. The SMILES string of the molecule is CCCn1c(SCc2nc(-c3cc(OC)c(OC)c(OC)c3)no2)nc2ccc(F)cc2c1=O. The minimum absolute atomic E-state index is 0.250. The van der Waals surface area contributed by atoms with Gasteiger partial charge in [0.15, 0.2) is 16.7 Å². The van der Waals surface area contributed by atoms with Crippen molar-refractivity contribution >= 4 is 22.7 Å². The molecule has 11 heteroatoms. The van der Waals surface area contributed by atoms with Crippen molar-refractivity contribution in [3.63, 3.8) is 0 Å². The third kappa shape index (κ3) is 4.56. The van der Waals surface area contributed by atoms with Crippen LogP contribution in [0.1, 0.15) is 19.2 Å². The summed E-state index contributed by atoms with van der Waals surface area (Å²) in [6.45, 7) is 2.42. The zero-order valence-electron chi connectivity index (χ0n) is 19.1. The first-order valence-electron chi connectivity index (χ1n) is 10.4. The maximum Gasteiger partial charge on any atom is 0.262 e. The summed E-state index contributed by atoms with van der Waals surface area (Å²) in [6.07, 6.45) is 0.724. The van der Waals surface area contributed by atoms with Gasteiger partial charge in [-0.1, -0.05) is 23.8 Å². The molecule has 0 aliphatic rings. The van der Waals surface area contributed by atoms with Crippen molar-refractivity contribution in [1.82, 2.24) is 19.7 Å². The highest BCUT2D eigenvalue weighted by Crippen LogP contribution is 2.40. The van der Waals surface area contributed by atoms with Gasteiger partial charge < -0.3 is 18.7 Å². The molecule has 0 amide bonds. The van der Waals surface area contributed by atoms with Crippen molar-refractivity contribution in [3.05, 3.63) is 52.4 Å². The molecule has 0 saturated heterocycles. The molecule has 0 unspecified atom stereocenters. The lowest BCUT2D eigenvalue weighted by Gasteiger charge is -2.12. The van der Waals surface area contributed by atoms with Gasteiger partial charge in [0.1, 0.15) is 5.82 Å². The molecule has 2 heterocycles. The molecule has 0 spiro atoms. The highest BCUT2D eigenvalue weighted by atomic mass is 32.2. The highest BCUT2D eigenvalue weighted by Gasteiger charge is 2.18. The second-order valence-corrected chi connectivity index (χ2v) is 8.17. The molecule has 4 rings (SSSR count). The summed E-state index contributed by atoms with van der Waals surface area (Å²) in [7, 11) is 4.58. The standard InChI is InChI=1S/C23H23FN4O5S/c1-5-8-28-22(29)15-11-14(24)6-7-16(15)25-23(28)34-12-19-26-21(27-33-19)13-9-17(30-2)20(32-4)18(10-13)31-3/h6-7,9-11H,5,8,12H2,1-4H3. The number of ether oxygens (including phenoxy) is 3. The van der Waals surface area contributed by atoms with Crippen LogP contribution in [0.5, 0.6) is 17.2 Å². The van der Waals surface area contributed by atoms with E-state index in [-0.39, 0.29) is 10.9 Å². The topological polar surface area (TPSA) is 102 Å². The van der Waals surface area contributed by atoms with E-state index < -0.39 is 5.82 Å². The molecule has 0 radical (unpaired) electrons. The van der Waals surface area contributed by atoms with E-state index in [0.717, 1.165) is 6.42 Å². The fourth-order valence-electron chi connectivity index (χ4n) is 3.47. The Balaban J connectivity index is 1.62. The number of aromatic nitrogens is 4. The number of fused-ring (bicyclic) bond motifs is 1. The fraction of sp³-hybridized carbons (Fsp3) is 0.304. The van der Waals surface area contributed by atoms with Crippen molar-refractivity contribution in [3.8, 4) is 28.6 Å². The van der Waals surface area contributed by atoms with Crippen molar-refractivity contribution in [2.75, 3.05) is 21.3 Å². The van der Waals surface area contributed by atoms with Gasteiger partial charge in [-0.2, -0.15) is 4.98 Å². The second-order valence-electron chi connectivity index (χ2n) is 7.23. The van der Waals surface area contributed by atoms with Gasteiger partial charge in [0, 0.05) is 12.1 Å². The molecular weight excluding hydrogens is 463 g/mol. The number of hydrogen-bond acceptors (Lipinski definition) is 9. The number of hydrogen-bond donors (Lipinski definition) is 0. The Kier molecular flexibility index (Phi) is 7.01. The van der Waals surface area contributed by atoms with Crippen molar-refractivity contribution in [2.45, 2.75) is 30.8 Å². The Bertz CT molecular complexity index is 1360. The average Bonchev–Trinajstić information content (AvgIpc) is 3.33. The molecule has 34 heavy (non-hydrogen) atoms. The van der Waals surface area contributed by atoms with Crippen LogP contribution in [0.15, 0.2) is 44.8 Å². The highest BCUT2D eigenvalue weighted by molar-refractivity contribution is 7.98. The Labute approximate surface area is 198 Å². The quantitative estimate of drug-likeness (QED) is 0.253. The van der Waals surface area contributed by atoms with Crippen LogP contribution in [-0.2, 0) is 12.3 Å².